The van der Waals surface area contributed by atoms with Gasteiger partial charge in [0.2, 0.25) is 0 Å². The van der Waals surface area contributed by atoms with Gasteiger partial charge in [-0.3, -0.25) is 9.89 Å². The minimum Gasteiger partial charge on any atom is -0.364 e. The summed E-state index contributed by atoms with van der Waals surface area (Å²) in [6, 6.07) is 0. The summed E-state index contributed by atoms with van der Waals surface area (Å²) in [6.45, 7) is 3.18. The molecule has 0 radical (unpaired) electrons. The van der Waals surface area contributed by atoms with E-state index in [0.29, 0.717) is 17.9 Å². The van der Waals surface area contributed by atoms with E-state index in [4.69, 9.17) is 0 Å². The van der Waals surface area contributed by atoms with Crippen LogP contribution < -0.4 is 5.32 Å². The summed E-state index contributed by atoms with van der Waals surface area (Å²) in [5, 5.41) is 18.1. The maximum atomic E-state index is 11.9. The van der Waals surface area contributed by atoms with Gasteiger partial charge in [0.15, 0.2) is 0 Å². The predicted molar refractivity (Wildman–Crippen MR) is 69.6 cm³/mol. The third-order valence-electron chi connectivity index (χ3n) is 2.59. The fraction of sp³-hybridized carbons (Fsp3) is 0.455. The van der Waals surface area contributed by atoms with Crippen LogP contribution >= 0.6 is 0 Å². The molecular weight excluding hydrogens is 246 g/mol. The molecule has 2 heterocycles. The number of nitrogens with one attached hydrogen (secondary N) is 2. The molecule has 2 aromatic rings. The van der Waals surface area contributed by atoms with Gasteiger partial charge in [-0.2, -0.15) is 20.1 Å². The Kier molecular flexibility index (Phi) is 3.79. The van der Waals surface area contributed by atoms with Gasteiger partial charge in [0.05, 0.1) is 25.5 Å². The topological polar surface area (TPSA) is 91.7 Å². The largest absolute Gasteiger partial charge is 0.364 e. The first-order valence-electron chi connectivity index (χ1n) is 5.99. The molecule has 19 heavy (non-hydrogen) atoms. The number of H-pyrrole nitrogens is 1. The maximum Gasteiger partial charge on any atom is 0.258 e. The van der Waals surface area contributed by atoms with E-state index in [1.165, 1.54) is 11.1 Å². The number of aryl methyl sites for hydroxylation is 1. The number of nitrogens with zero attached hydrogens (tertiary/aromatic N) is 5. The van der Waals surface area contributed by atoms with E-state index in [1.54, 1.807) is 25.1 Å². The van der Waals surface area contributed by atoms with Crippen molar-refractivity contribution in [3.8, 4) is 0 Å². The van der Waals surface area contributed by atoms with Crippen molar-refractivity contribution in [1.82, 2.24) is 30.1 Å². The third kappa shape index (κ3) is 2.90. The summed E-state index contributed by atoms with van der Waals surface area (Å²) in [6.07, 6.45) is 3.20. The van der Waals surface area contributed by atoms with Gasteiger partial charge < -0.3 is 10.2 Å². The Morgan fingerprint density at radius 3 is 2.89 bits per heavy atom. The van der Waals surface area contributed by atoms with Gasteiger partial charge in [-0.05, 0) is 6.92 Å². The summed E-state index contributed by atoms with van der Waals surface area (Å²) in [4.78, 5) is 15.0. The second-order valence-corrected chi connectivity index (χ2v) is 4.24. The third-order valence-corrected chi connectivity index (χ3v) is 2.59. The Morgan fingerprint density at radius 1 is 1.47 bits per heavy atom. The molecule has 0 aliphatic rings. The molecule has 0 aliphatic carbocycles. The number of rotatable bonds is 5. The number of carbonyl (C=O) groups excluding carboxylic acids is 1. The zero-order valence-electron chi connectivity index (χ0n) is 11.2. The smallest absolute Gasteiger partial charge is 0.258 e. The molecule has 0 saturated carbocycles. The van der Waals surface area contributed by atoms with Gasteiger partial charge >= 0.3 is 0 Å². The van der Waals surface area contributed by atoms with Crippen molar-refractivity contribution >= 4 is 11.7 Å². The van der Waals surface area contributed by atoms with Crippen LogP contribution in [0, 0.1) is 0 Å². The quantitative estimate of drug-likeness (QED) is 0.811. The van der Waals surface area contributed by atoms with Crippen LogP contribution in [0.3, 0.4) is 0 Å². The molecule has 0 bridgehead atoms. The summed E-state index contributed by atoms with van der Waals surface area (Å²) >= 11 is 0. The van der Waals surface area contributed by atoms with Gasteiger partial charge in [-0.1, -0.05) is 0 Å². The van der Waals surface area contributed by atoms with Crippen LogP contribution in [0.25, 0.3) is 0 Å². The summed E-state index contributed by atoms with van der Waals surface area (Å²) in [5.41, 5.74) is 1.31. The first-order valence-corrected chi connectivity index (χ1v) is 5.99. The molecular formula is C11H17N7O. The van der Waals surface area contributed by atoms with Gasteiger partial charge in [-0.15, -0.1) is 0 Å². The van der Waals surface area contributed by atoms with Crippen molar-refractivity contribution in [1.29, 1.82) is 0 Å². The van der Waals surface area contributed by atoms with Crippen LogP contribution in [0.1, 0.15) is 23.0 Å². The lowest BCUT2D eigenvalue weighted by molar-refractivity contribution is 0.0828. The highest BCUT2D eigenvalue weighted by molar-refractivity contribution is 5.98. The standard InChI is InChI=1S/C11H17N7O/c1-4-18-14-6-8(16-18)5-12-10-9(7-13-15-10)11(19)17(2)3/h6-7H,4-5H2,1-3H3,(H2,12,13,15). The van der Waals surface area contributed by atoms with E-state index in [0.717, 1.165) is 12.2 Å². The first kappa shape index (κ1) is 13.1. The molecule has 1 amide bonds. The second-order valence-electron chi connectivity index (χ2n) is 4.24. The van der Waals surface area contributed by atoms with Gasteiger partial charge in [-0.25, -0.2) is 0 Å². The highest BCUT2D eigenvalue weighted by Crippen LogP contribution is 2.13. The van der Waals surface area contributed by atoms with Crippen LogP contribution in [0.2, 0.25) is 0 Å². The minimum atomic E-state index is -0.103. The Morgan fingerprint density at radius 2 is 2.26 bits per heavy atom. The van der Waals surface area contributed by atoms with Crippen LogP contribution in [0.5, 0.6) is 0 Å². The summed E-state index contributed by atoms with van der Waals surface area (Å²) < 4.78 is 0. The van der Waals surface area contributed by atoms with E-state index in [2.05, 4.69) is 25.7 Å². The Labute approximate surface area is 110 Å². The number of amides is 1. The predicted octanol–water partition coefficient (Wildman–Crippen LogP) is 0.335. The normalized spacial score (nSPS) is 10.5. The number of hydrogen-bond acceptors (Lipinski definition) is 5. The van der Waals surface area contributed by atoms with Gasteiger partial charge in [0, 0.05) is 14.1 Å². The molecule has 8 heteroatoms. The van der Waals surface area contributed by atoms with E-state index in [1.807, 2.05) is 6.92 Å². The molecule has 102 valence electrons. The molecule has 0 spiro atoms. The molecule has 2 N–H and O–H groups in total. The van der Waals surface area contributed by atoms with E-state index >= 15 is 0 Å². The van der Waals surface area contributed by atoms with Crippen molar-refractivity contribution in [3.05, 3.63) is 23.7 Å². The lowest BCUT2D eigenvalue weighted by atomic mass is 10.3. The molecule has 0 aromatic carbocycles. The van der Waals surface area contributed by atoms with Crippen LogP contribution in [-0.4, -0.2) is 50.1 Å². The average Bonchev–Trinajstić information content (AvgIpc) is 3.03. The lowest BCUT2D eigenvalue weighted by Crippen LogP contribution is -2.22. The summed E-state index contributed by atoms with van der Waals surface area (Å²) in [7, 11) is 3.40. The lowest BCUT2D eigenvalue weighted by Gasteiger charge is -2.10. The Balaban J connectivity index is 2.04. The van der Waals surface area contributed by atoms with Crippen molar-refractivity contribution < 1.29 is 4.79 Å². The van der Waals surface area contributed by atoms with E-state index < -0.39 is 0 Å². The number of carbonyl (C=O) groups is 1. The number of hydrogen-bond donors (Lipinski definition) is 2. The molecule has 2 aromatic heterocycles. The monoisotopic (exact) mass is 263 g/mol. The van der Waals surface area contributed by atoms with Crippen molar-refractivity contribution in [3.63, 3.8) is 0 Å². The van der Waals surface area contributed by atoms with Gasteiger partial charge in [0.1, 0.15) is 17.1 Å². The Hall–Kier alpha value is -2.38. The molecule has 8 nitrogen and oxygen atoms in total. The zero-order valence-corrected chi connectivity index (χ0v) is 11.2. The highest BCUT2D eigenvalue weighted by Gasteiger charge is 2.15. The van der Waals surface area contributed by atoms with Crippen molar-refractivity contribution in [2.45, 2.75) is 20.0 Å². The van der Waals surface area contributed by atoms with Crippen molar-refractivity contribution in [2.75, 3.05) is 19.4 Å². The molecule has 0 unspecified atom stereocenters. The fourth-order valence-electron chi connectivity index (χ4n) is 1.57. The minimum absolute atomic E-state index is 0.103. The average molecular weight is 263 g/mol. The maximum absolute atomic E-state index is 11.9. The molecule has 0 saturated heterocycles. The van der Waals surface area contributed by atoms with Crippen LogP contribution in [0.15, 0.2) is 12.4 Å². The molecule has 0 atom stereocenters. The Bertz CT molecular complexity index is 557. The SMILES string of the molecule is CCn1ncc(CNc2[nH]ncc2C(=O)N(C)C)n1. The summed E-state index contributed by atoms with van der Waals surface area (Å²) in [5.74, 6) is 0.484. The van der Waals surface area contributed by atoms with Crippen molar-refractivity contribution in [2.24, 2.45) is 0 Å². The highest BCUT2D eigenvalue weighted by atomic mass is 16.2. The van der Waals surface area contributed by atoms with Crippen LogP contribution in [-0.2, 0) is 13.1 Å². The molecule has 0 fully saturated rings. The molecule has 2 rings (SSSR count). The zero-order chi connectivity index (χ0) is 13.8. The first-order chi connectivity index (χ1) is 9.11. The number of aromatic nitrogens is 5. The second kappa shape index (κ2) is 5.51. The van der Waals surface area contributed by atoms with Crippen LogP contribution in [0.4, 0.5) is 5.82 Å². The van der Waals surface area contributed by atoms with E-state index in [-0.39, 0.29) is 5.91 Å². The molecule has 0 aliphatic heterocycles. The number of aromatic amines is 1. The van der Waals surface area contributed by atoms with Gasteiger partial charge in [0.25, 0.3) is 5.91 Å². The number of anilines is 1. The fourth-order valence-corrected chi connectivity index (χ4v) is 1.57. The van der Waals surface area contributed by atoms with E-state index in [9.17, 15) is 4.79 Å².